The summed E-state index contributed by atoms with van der Waals surface area (Å²) in [5.41, 5.74) is 0. The fourth-order valence-electron chi connectivity index (χ4n) is 0.709. The molecule has 2 heteroatoms. The van der Waals surface area contributed by atoms with Crippen molar-refractivity contribution >= 4 is 0 Å². The van der Waals surface area contributed by atoms with Crippen LogP contribution in [0.15, 0.2) is 12.7 Å². The molecule has 1 N–H and O–H groups in total. The second kappa shape index (κ2) is 2.99. The van der Waals surface area contributed by atoms with E-state index in [2.05, 4.69) is 6.58 Å². The molecule has 1 fully saturated rings. The lowest BCUT2D eigenvalue weighted by Gasteiger charge is -2.00. The van der Waals surface area contributed by atoms with E-state index in [0.717, 1.165) is 19.4 Å². The van der Waals surface area contributed by atoms with Gasteiger partial charge < -0.3 is 9.84 Å². The zero-order valence-electron chi connectivity index (χ0n) is 5.42. The molecule has 0 amide bonds. The summed E-state index contributed by atoms with van der Waals surface area (Å²) in [6.45, 7) is 4.35. The second-order valence-corrected chi connectivity index (χ2v) is 2.34. The molecule has 0 aromatic rings. The number of ether oxygens (including phenoxy) is 1. The van der Waals surface area contributed by atoms with E-state index in [1.807, 2.05) is 0 Å². The topological polar surface area (TPSA) is 32.8 Å². The van der Waals surface area contributed by atoms with E-state index in [9.17, 15) is 0 Å². The van der Waals surface area contributed by atoms with Gasteiger partial charge in [0.05, 0.1) is 18.8 Å². The summed E-state index contributed by atoms with van der Waals surface area (Å²) in [6.07, 6.45) is 3.40. The van der Waals surface area contributed by atoms with Crippen LogP contribution >= 0.6 is 0 Å². The van der Waals surface area contributed by atoms with Crippen LogP contribution in [0.4, 0.5) is 0 Å². The fourth-order valence-corrected chi connectivity index (χ4v) is 0.709. The highest BCUT2D eigenvalue weighted by molar-refractivity contribution is 4.80. The van der Waals surface area contributed by atoms with Gasteiger partial charge >= 0.3 is 0 Å². The van der Waals surface area contributed by atoms with Crippen molar-refractivity contribution in [1.82, 2.24) is 0 Å². The van der Waals surface area contributed by atoms with Gasteiger partial charge in [-0.3, -0.25) is 0 Å². The minimum absolute atomic E-state index is 0.339. The summed E-state index contributed by atoms with van der Waals surface area (Å²) in [6, 6.07) is 0. The van der Waals surface area contributed by atoms with E-state index < -0.39 is 0 Å². The normalized spacial score (nSPS) is 27.4. The zero-order chi connectivity index (χ0) is 6.69. The maximum Gasteiger partial charge on any atom is 0.0811 e. The molecule has 1 saturated heterocycles. The first kappa shape index (κ1) is 6.78. The van der Waals surface area contributed by atoms with Crippen LogP contribution in [0.2, 0.25) is 0 Å². The Morgan fingerprint density at radius 3 is 3.00 bits per heavy atom. The number of hydrogen-bond donors (Lipinski definition) is 1. The zero-order valence-corrected chi connectivity index (χ0v) is 5.42. The summed E-state index contributed by atoms with van der Waals surface area (Å²) in [7, 11) is 0. The molecule has 52 valence electrons. The first-order chi connectivity index (χ1) is 4.33. The molecule has 0 saturated carbocycles. The van der Waals surface area contributed by atoms with Crippen molar-refractivity contribution in [2.75, 3.05) is 6.61 Å². The van der Waals surface area contributed by atoms with E-state index in [4.69, 9.17) is 9.84 Å². The van der Waals surface area contributed by atoms with Crippen LogP contribution in [0.3, 0.4) is 0 Å². The van der Waals surface area contributed by atoms with Crippen LogP contribution in [0.1, 0.15) is 12.8 Å². The largest absolute Gasteiger partial charge is 0.389 e. The Hall–Kier alpha value is -0.340. The first-order valence-corrected chi connectivity index (χ1v) is 3.25. The van der Waals surface area contributed by atoms with Crippen molar-refractivity contribution in [2.45, 2.75) is 25.0 Å². The van der Waals surface area contributed by atoms with Crippen LogP contribution in [0, 0.1) is 0 Å². The van der Waals surface area contributed by atoms with E-state index in [-0.39, 0.29) is 6.10 Å². The first-order valence-electron chi connectivity index (χ1n) is 3.25. The van der Waals surface area contributed by atoms with Gasteiger partial charge in [0.15, 0.2) is 0 Å². The molecule has 1 rings (SSSR count). The third-order valence-corrected chi connectivity index (χ3v) is 1.46. The summed E-state index contributed by atoms with van der Waals surface area (Å²) in [5, 5.41) is 8.96. The maximum absolute atomic E-state index is 8.96. The number of hydrogen-bond acceptors (Lipinski definition) is 2. The van der Waals surface area contributed by atoms with Gasteiger partial charge in [-0.2, -0.15) is 0 Å². The van der Waals surface area contributed by atoms with Gasteiger partial charge in [-0.25, -0.2) is 0 Å². The summed E-state index contributed by atoms with van der Waals surface area (Å²) < 4.78 is 4.96. The molecule has 0 spiro atoms. The Bertz CT molecular complexity index is 97.1. The molecule has 0 aromatic carbocycles. The molecule has 9 heavy (non-hydrogen) atoms. The standard InChI is InChI=1S/C7H12O2/c1-2-6(8)3-4-7-5-9-7/h2,6-8H,1,3-5H2. The highest BCUT2D eigenvalue weighted by Crippen LogP contribution is 2.16. The van der Waals surface area contributed by atoms with Gasteiger partial charge in [-0.15, -0.1) is 6.58 Å². The Balaban J connectivity index is 1.95. The molecule has 2 nitrogen and oxygen atoms in total. The van der Waals surface area contributed by atoms with Crippen molar-refractivity contribution < 1.29 is 9.84 Å². The molecule has 2 atom stereocenters. The van der Waals surface area contributed by atoms with Gasteiger partial charge in [0, 0.05) is 0 Å². The van der Waals surface area contributed by atoms with Crippen molar-refractivity contribution in [3.8, 4) is 0 Å². The predicted molar refractivity (Wildman–Crippen MR) is 35.2 cm³/mol. The van der Waals surface area contributed by atoms with Crippen LogP contribution in [0.5, 0.6) is 0 Å². The van der Waals surface area contributed by atoms with Gasteiger partial charge in [0.2, 0.25) is 0 Å². The molecule has 1 aliphatic heterocycles. The number of epoxide rings is 1. The number of aliphatic hydroxyl groups is 1. The Morgan fingerprint density at radius 1 is 1.89 bits per heavy atom. The van der Waals surface area contributed by atoms with Crippen LogP contribution in [0.25, 0.3) is 0 Å². The summed E-state index contributed by atoms with van der Waals surface area (Å²) in [4.78, 5) is 0. The molecular formula is C7H12O2. The monoisotopic (exact) mass is 128 g/mol. The number of aliphatic hydroxyl groups excluding tert-OH is 1. The van der Waals surface area contributed by atoms with E-state index in [1.165, 1.54) is 0 Å². The minimum atomic E-state index is -0.339. The van der Waals surface area contributed by atoms with Crippen LogP contribution in [-0.4, -0.2) is 23.9 Å². The lowest BCUT2D eigenvalue weighted by atomic mass is 10.1. The number of rotatable bonds is 4. The molecule has 0 aromatic heterocycles. The molecule has 2 unspecified atom stereocenters. The van der Waals surface area contributed by atoms with E-state index in [0.29, 0.717) is 6.10 Å². The maximum atomic E-state index is 8.96. The van der Waals surface area contributed by atoms with Crippen molar-refractivity contribution in [3.63, 3.8) is 0 Å². The van der Waals surface area contributed by atoms with Crippen LogP contribution < -0.4 is 0 Å². The lowest BCUT2D eigenvalue weighted by molar-refractivity contribution is 0.204. The molecule has 1 heterocycles. The summed E-state index contributed by atoms with van der Waals surface area (Å²) in [5.74, 6) is 0. The SMILES string of the molecule is C=CC(O)CCC1CO1. The van der Waals surface area contributed by atoms with Crippen LogP contribution in [-0.2, 0) is 4.74 Å². The second-order valence-electron chi connectivity index (χ2n) is 2.34. The lowest BCUT2D eigenvalue weighted by Crippen LogP contribution is -2.02. The van der Waals surface area contributed by atoms with E-state index in [1.54, 1.807) is 6.08 Å². The van der Waals surface area contributed by atoms with Gasteiger partial charge in [0.1, 0.15) is 0 Å². The van der Waals surface area contributed by atoms with E-state index >= 15 is 0 Å². The van der Waals surface area contributed by atoms with Crippen molar-refractivity contribution in [3.05, 3.63) is 12.7 Å². The average molecular weight is 128 g/mol. The third-order valence-electron chi connectivity index (χ3n) is 1.46. The predicted octanol–water partition coefficient (Wildman–Crippen LogP) is 0.712. The highest BCUT2D eigenvalue weighted by Gasteiger charge is 2.22. The molecule has 0 bridgehead atoms. The van der Waals surface area contributed by atoms with Crippen molar-refractivity contribution in [1.29, 1.82) is 0 Å². The summed E-state index contributed by atoms with van der Waals surface area (Å²) >= 11 is 0. The quantitative estimate of drug-likeness (QED) is 0.447. The Morgan fingerprint density at radius 2 is 2.56 bits per heavy atom. The Kier molecular flexibility index (Phi) is 2.25. The van der Waals surface area contributed by atoms with Gasteiger partial charge in [-0.05, 0) is 12.8 Å². The molecular weight excluding hydrogens is 116 g/mol. The average Bonchev–Trinajstić information content (AvgIpc) is 2.65. The molecule has 0 aliphatic carbocycles. The Labute approximate surface area is 55.1 Å². The molecule has 0 radical (unpaired) electrons. The fraction of sp³-hybridized carbons (Fsp3) is 0.714. The highest BCUT2D eigenvalue weighted by atomic mass is 16.6. The molecule has 1 aliphatic rings. The van der Waals surface area contributed by atoms with Crippen molar-refractivity contribution in [2.24, 2.45) is 0 Å². The third kappa shape index (κ3) is 2.63. The van der Waals surface area contributed by atoms with Gasteiger partial charge in [-0.1, -0.05) is 6.08 Å². The minimum Gasteiger partial charge on any atom is -0.389 e. The smallest absolute Gasteiger partial charge is 0.0811 e. The van der Waals surface area contributed by atoms with Gasteiger partial charge in [0.25, 0.3) is 0 Å².